The lowest BCUT2D eigenvalue weighted by molar-refractivity contribution is 0.104. The highest BCUT2D eigenvalue weighted by Crippen LogP contribution is 2.15. The van der Waals surface area contributed by atoms with Gasteiger partial charge in [0.15, 0.2) is 5.78 Å². The second kappa shape index (κ2) is 9.38. The molecular formula is C24H22O2. The minimum atomic E-state index is -0.000201. The number of ether oxygens (including phenoxy) is 1. The fraction of sp³-hybridized carbons (Fsp3) is 0.125. The van der Waals surface area contributed by atoms with Gasteiger partial charge in [0.2, 0.25) is 0 Å². The quantitative estimate of drug-likeness (QED) is 0.303. The number of aryl methyl sites for hydroxylation is 1. The van der Waals surface area contributed by atoms with E-state index >= 15 is 0 Å². The number of allylic oxidation sites excluding steroid dienone is 1. The molecule has 0 saturated heterocycles. The van der Waals surface area contributed by atoms with E-state index in [0.717, 1.165) is 24.2 Å². The molecule has 0 heterocycles. The molecule has 130 valence electrons. The molecule has 0 aliphatic heterocycles. The van der Waals surface area contributed by atoms with Crippen LogP contribution in [0.25, 0.3) is 6.08 Å². The molecule has 0 N–H and O–H groups in total. The molecule has 0 atom stereocenters. The van der Waals surface area contributed by atoms with E-state index in [0.29, 0.717) is 12.2 Å². The zero-order valence-electron chi connectivity index (χ0n) is 14.7. The Morgan fingerprint density at radius 3 is 2.35 bits per heavy atom. The molecule has 0 fully saturated rings. The van der Waals surface area contributed by atoms with Gasteiger partial charge in [-0.3, -0.25) is 4.79 Å². The van der Waals surface area contributed by atoms with E-state index in [1.54, 1.807) is 6.08 Å². The summed E-state index contributed by atoms with van der Waals surface area (Å²) in [5.41, 5.74) is 2.97. The van der Waals surface area contributed by atoms with E-state index in [4.69, 9.17) is 4.74 Å². The molecular weight excluding hydrogens is 320 g/mol. The number of carbonyl (C=O) groups excluding carboxylic acids is 1. The van der Waals surface area contributed by atoms with Crippen LogP contribution in [0.1, 0.15) is 27.9 Å². The Labute approximate surface area is 154 Å². The third-order valence-corrected chi connectivity index (χ3v) is 4.06. The molecule has 0 aliphatic carbocycles. The first-order valence-corrected chi connectivity index (χ1v) is 8.85. The average molecular weight is 342 g/mol. The highest BCUT2D eigenvalue weighted by molar-refractivity contribution is 6.06. The van der Waals surface area contributed by atoms with Gasteiger partial charge in [-0.1, -0.05) is 78.9 Å². The number of hydrogen-bond donors (Lipinski definition) is 0. The van der Waals surface area contributed by atoms with Gasteiger partial charge >= 0.3 is 0 Å². The first-order chi connectivity index (χ1) is 12.8. The van der Waals surface area contributed by atoms with E-state index in [2.05, 4.69) is 24.3 Å². The van der Waals surface area contributed by atoms with Crippen LogP contribution in [0.15, 0.2) is 91.0 Å². The Morgan fingerprint density at radius 1 is 0.846 bits per heavy atom. The van der Waals surface area contributed by atoms with Crippen molar-refractivity contribution in [3.8, 4) is 5.75 Å². The normalized spacial score (nSPS) is 10.8. The summed E-state index contributed by atoms with van der Waals surface area (Å²) in [6.07, 6.45) is 5.40. The zero-order chi connectivity index (χ0) is 18.0. The van der Waals surface area contributed by atoms with Crippen molar-refractivity contribution in [3.63, 3.8) is 0 Å². The van der Waals surface area contributed by atoms with Crippen molar-refractivity contribution in [1.29, 1.82) is 0 Å². The lowest BCUT2D eigenvalue weighted by Crippen LogP contribution is -1.99. The number of ketones is 1. The lowest BCUT2D eigenvalue weighted by Gasteiger charge is -2.07. The van der Waals surface area contributed by atoms with Gasteiger partial charge in [0.1, 0.15) is 5.75 Å². The fourth-order valence-corrected chi connectivity index (χ4v) is 2.69. The predicted molar refractivity (Wildman–Crippen MR) is 107 cm³/mol. The van der Waals surface area contributed by atoms with Crippen LogP contribution in [-0.4, -0.2) is 12.4 Å². The molecule has 0 radical (unpaired) electrons. The molecule has 0 amide bonds. The van der Waals surface area contributed by atoms with E-state index in [1.165, 1.54) is 5.56 Å². The molecule has 0 spiro atoms. The van der Waals surface area contributed by atoms with Crippen molar-refractivity contribution in [2.45, 2.75) is 12.8 Å². The minimum absolute atomic E-state index is 0.000201. The van der Waals surface area contributed by atoms with Crippen molar-refractivity contribution in [2.75, 3.05) is 6.61 Å². The molecule has 3 aromatic rings. The molecule has 0 aliphatic rings. The second-order valence-corrected chi connectivity index (χ2v) is 6.07. The summed E-state index contributed by atoms with van der Waals surface area (Å²) in [5, 5.41) is 0. The molecule has 3 rings (SSSR count). The summed E-state index contributed by atoms with van der Waals surface area (Å²) < 4.78 is 5.84. The van der Waals surface area contributed by atoms with Crippen LogP contribution >= 0.6 is 0 Å². The summed E-state index contributed by atoms with van der Waals surface area (Å²) in [7, 11) is 0. The van der Waals surface area contributed by atoms with E-state index in [1.807, 2.05) is 66.7 Å². The van der Waals surface area contributed by atoms with Crippen molar-refractivity contribution >= 4 is 11.9 Å². The largest absolute Gasteiger partial charge is 0.494 e. The van der Waals surface area contributed by atoms with Crippen LogP contribution in [-0.2, 0) is 6.42 Å². The van der Waals surface area contributed by atoms with E-state index < -0.39 is 0 Å². The van der Waals surface area contributed by atoms with Gasteiger partial charge < -0.3 is 4.74 Å². The Morgan fingerprint density at radius 2 is 1.58 bits per heavy atom. The molecule has 0 saturated carbocycles. The Hall–Kier alpha value is -3.13. The second-order valence-electron chi connectivity index (χ2n) is 6.07. The van der Waals surface area contributed by atoms with Crippen molar-refractivity contribution in [3.05, 3.63) is 108 Å². The van der Waals surface area contributed by atoms with Crippen LogP contribution in [0, 0.1) is 0 Å². The fourth-order valence-electron chi connectivity index (χ4n) is 2.69. The molecule has 2 heteroatoms. The first kappa shape index (κ1) is 17.7. The van der Waals surface area contributed by atoms with E-state index in [9.17, 15) is 4.79 Å². The number of hydrogen-bond acceptors (Lipinski definition) is 2. The molecule has 0 unspecified atom stereocenters. The van der Waals surface area contributed by atoms with Gasteiger partial charge in [0.05, 0.1) is 6.61 Å². The van der Waals surface area contributed by atoms with Crippen LogP contribution < -0.4 is 4.74 Å². The van der Waals surface area contributed by atoms with Gasteiger partial charge in [-0.15, -0.1) is 0 Å². The Balaban J connectivity index is 1.51. The highest BCUT2D eigenvalue weighted by Gasteiger charge is 2.00. The molecule has 0 bridgehead atoms. The summed E-state index contributed by atoms with van der Waals surface area (Å²) >= 11 is 0. The smallest absolute Gasteiger partial charge is 0.185 e. The third-order valence-electron chi connectivity index (χ3n) is 4.06. The zero-order valence-corrected chi connectivity index (χ0v) is 14.7. The topological polar surface area (TPSA) is 26.3 Å². The maximum Gasteiger partial charge on any atom is 0.185 e. The van der Waals surface area contributed by atoms with Gasteiger partial charge in [-0.25, -0.2) is 0 Å². The maximum atomic E-state index is 12.1. The molecule has 3 aromatic carbocycles. The summed E-state index contributed by atoms with van der Waals surface area (Å²) in [6.45, 7) is 0.672. The Kier molecular flexibility index (Phi) is 6.38. The van der Waals surface area contributed by atoms with Gasteiger partial charge in [-0.05, 0) is 42.2 Å². The predicted octanol–water partition coefficient (Wildman–Crippen LogP) is 5.59. The summed E-state index contributed by atoms with van der Waals surface area (Å²) in [5.74, 6) is 0.826. The van der Waals surface area contributed by atoms with Crippen molar-refractivity contribution in [1.82, 2.24) is 0 Å². The van der Waals surface area contributed by atoms with Crippen LogP contribution in [0.3, 0.4) is 0 Å². The average Bonchev–Trinajstić information content (AvgIpc) is 2.71. The molecule has 2 nitrogen and oxygen atoms in total. The van der Waals surface area contributed by atoms with E-state index in [-0.39, 0.29) is 5.78 Å². The van der Waals surface area contributed by atoms with Crippen molar-refractivity contribution < 1.29 is 9.53 Å². The van der Waals surface area contributed by atoms with Crippen LogP contribution in [0.4, 0.5) is 0 Å². The maximum absolute atomic E-state index is 12.1. The third kappa shape index (κ3) is 5.45. The summed E-state index contributed by atoms with van der Waals surface area (Å²) in [4.78, 5) is 12.1. The van der Waals surface area contributed by atoms with Crippen LogP contribution in [0.5, 0.6) is 5.75 Å². The number of benzene rings is 3. The number of carbonyl (C=O) groups is 1. The van der Waals surface area contributed by atoms with Crippen LogP contribution in [0.2, 0.25) is 0 Å². The monoisotopic (exact) mass is 342 g/mol. The molecule has 26 heavy (non-hydrogen) atoms. The Bertz CT molecular complexity index is 852. The standard InChI is InChI=1S/C24H22O2/c25-24(22-13-5-2-6-14-22)17-16-21-11-7-15-23(19-21)26-18-8-12-20-9-3-1-4-10-20/h1-7,9-11,13-17,19H,8,12,18H2. The van der Waals surface area contributed by atoms with Gasteiger partial charge in [0.25, 0.3) is 0 Å². The lowest BCUT2D eigenvalue weighted by atomic mass is 10.1. The first-order valence-electron chi connectivity index (χ1n) is 8.85. The summed E-state index contributed by atoms with van der Waals surface area (Å²) in [6, 6.07) is 27.5. The SMILES string of the molecule is O=C(C=Cc1cccc(OCCCc2ccccc2)c1)c1ccccc1. The number of rotatable bonds is 8. The van der Waals surface area contributed by atoms with Gasteiger partial charge in [-0.2, -0.15) is 0 Å². The van der Waals surface area contributed by atoms with Gasteiger partial charge in [0, 0.05) is 5.56 Å². The minimum Gasteiger partial charge on any atom is -0.494 e. The molecule has 0 aromatic heterocycles. The highest BCUT2D eigenvalue weighted by atomic mass is 16.5. The van der Waals surface area contributed by atoms with Crippen molar-refractivity contribution in [2.24, 2.45) is 0 Å².